The van der Waals surface area contributed by atoms with Crippen LogP contribution >= 0.6 is 11.6 Å². The highest BCUT2D eigenvalue weighted by molar-refractivity contribution is 6.30. The van der Waals surface area contributed by atoms with Crippen molar-refractivity contribution in [1.82, 2.24) is 5.32 Å². The highest BCUT2D eigenvalue weighted by Gasteiger charge is 2.19. The Bertz CT molecular complexity index is 314. The first kappa shape index (κ1) is 8.85. The third-order valence-electron chi connectivity index (χ3n) is 2.36. The fourth-order valence-corrected chi connectivity index (χ4v) is 1.83. The van der Waals surface area contributed by atoms with Crippen molar-refractivity contribution in [3.63, 3.8) is 0 Å². The molecule has 1 N–H and O–H groups in total. The topological polar surface area (TPSA) is 21.3 Å². The van der Waals surface area contributed by atoms with Crippen LogP contribution in [-0.4, -0.2) is 13.7 Å². The van der Waals surface area contributed by atoms with Crippen molar-refractivity contribution in [3.8, 4) is 5.75 Å². The molecule has 0 saturated heterocycles. The Kier molecular flexibility index (Phi) is 2.42. The van der Waals surface area contributed by atoms with Crippen molar-refractivity contribution in [2.75, 3.05) is 13.7 Å². The van der Waals surface area contributed by atoms with Gasteiger partial charge in [-0.05, 0) is 19.2 Å². The monoisotopic (exact) mass is 197 g/mol. The van der Waals surface area contributed by atoms with E-state index in [9.17, 15) is 0 Å². The maximum absolute atomic E-state index is 5.87. The molecule has 1 aliphatic rings. The summed E-state index contributed by atoms with van der Waals surface area (Å²) in [6.07, 6.45) is 1.02. The van der Waals surface area contributed by atoms with Gasteiger partial charge in [-0.3, -0.25) is 0 Å². The zero-order valence-electron chi connectivity index (χ0n) is 7.51. The molecular formula is C10H12ClNO. The number of halogens is 1. The Labute approximate surface area is 82.9 Å². The van der Waals surface area contributed by atoms with Gasteiger partial charge in [-0.15, -0.1) is 0 Å². The molecule has 70 valence electrons. The van der Waals surface area contributed by atoms with Gasteiger partial charge >= 0.3 is 0 Å². The standard InChI is InChI=1S/C10H12ClNO/c1-12-9-4-5-13-10-6-7(11)2-3-8(9)10/h2-3,6,9,12H,4-5H2,1H3. The first-order valence-corrected chi connectivity index (χ1v) is 4.78. The summed E-state index contributed by atoms with van der Waals surface area (Å²) in [5.74, 6) is 0.915. The van der Waals surface area contributed by atoms with Gasteiger partial charge in [0.1, 0.15) is 5.75 Å². The molecule has 1 aliphatic heterocycles. The van der Waals surface area contributed by atoms with Gasteiger partial charge in [0.25, 0.3) is 0 Å². The lowest BCUT2D eigenvalue weighted by Crippen LogP contribution is -2.23. The third kappa shape index (κ3) is 1.64. The van der Waals surface area contributed by atoms with E-state index >= 15 is 0 Å². The van der Waals surface area contributed by atoms with Crippen molar-refractivity contribution in [1.29, 1.82) is 0 Å². The molecule has 1 atom stereocenters. The maximum Gasteiger partial charge on any atom is 0.125 e. The average molecular weight is 198 g/mol. The van der Waals surface area contributed by atoms with Crippen molar-refractivity contribution in [2.45, 2.75) is 12.5 Å². The van der Waals surface area contributed by atoms with E-state index in [0.717, 1.165) is 23.8 Å². The van der Waals surface area contributed by atoms with E-state index in [1.165, 1.54) is 5.56 Å². The molecule has 0 fully saturated rings. The van der Waals surface area contributed by atoms with Crippen molar-refractivity contribution >= 4 is 11.6 Å². The predicted octanol–water partition coefficient (Wildman–Crippen LogP) is 2.38. The molecule has 1 heterocycles. The van der Waals surface area contributed by atoms with Crippen LogP contribution in [0.15, 0.2) is 18.2 Å². The van der Waals surface area contributed by atoms with Crippen molar-refractivity contribution in [2.24, 2.45) is 0 Å². The Morgan fingerprint density at radius 3 is 3.15 bits per heavy atom. The summed E-state index contributed by atoms with van der Waals surface area (Å²) in [5.41, 5.74) is 1.21. The van der Waals surface area contributed by atoms with E-state index in [1.807, 2.05) is 25.2 Å². The van der Waals surface area contributed by atoms with Gasteiger partial charge in [0.2, 0.25) is 0 Å². The van der Waals surface area contributed by atoms with Crippen LogP contribution in [0.2, 0.25) is 5.02 Å². The molecule has 2 rings (SSSR count). The number of nitrogens with one attached hydrogen (secondary N) is 1. The maximum atomic E-state index is 5.87. The largest absolute Gasteiger partial charge is 0.493 e. The van der Waals surface area contributed by atoms with Gasteiger partial charge in [0.15, 0.2) is 0 Å². The average Bonchev–Trinajstić information content (AvgIpc) is 2.16. The predicted molar refractivity (Wildman–Crippen MR) is 53.4 cm³/mol. The molecule has 2 nitrogen and oxygen atoms in total. The molecule has 0 amide bonds. The Balaban J connectivity index is 2.40. The minimum atomic E-state index is 0.404. The number of hydrogen-bond acceptors (Lipinski definition) is 2. The summed E-state index contributed by atoms with van der Waals surface area (Å²) in [7, 11) is 1.97. The van der Waals surface area contributed by atoms with Crippen LogP contribution < -0.4 is 10.1 Å². The van der Waals surface area contributed by atoms with Crippen LogP contribution in [-0.2, 0) is 0 Å². The first-order valence-electron chi connectivity index (χ1n) is 4.41. The second-order valence-corrected chi connectivity index (χ2v) is 3.60. The highest BCUT2D eigenvalue weighted by atomic mass is 35.5. The summed E-state index contributed by atoms with van der Waals surface area (Å²) in [6, 6.07) is 6.21. The molecule has 1 aromatic carbocycles. The molecule has 0 bridgehead atoms. The summed E-state index contributed by atoms with van der Waals surface area (Å²) >= 11 is 5.87. The van der Waals surface area contributed by atoms with E-state index in [2.05, 4.69) is 5.32 Å². The number of ether oxygens (including phenoxy) is 1. The smallest absolute Gasteiger partial charge is 0.125 e. The van der Waals surface area contributed by atoms with Crippen LogP contribution in [0.5, 0.6) is 5.75 Å². The summed E-state index contributed by atoms with van der Waals surface area (Å²) < 4.78 is 5.51. The lowest BCUT2D eigenvalue weighted by Gasteiger charge is -2.25. The SMILES string of the molecule is CNC1CCOc2cc(Cl)ccc21. The quantitative estimate of drug-likeness (QED) is 0.747. The number of benzene rings is 1. The van der Waals surface area contributed by atoms with Gasteiger partial charge in [-0.1, -0.05) is 17.7 Å². The molecule has 1 aromatic rings. The molecule has 0 aromatic heterocycles. The summed E-state index contributed by atoms with van der Waals surface area (Å²) in [4.78, 5) is 0. The number of rotatable bonds is 1. The van der Waals surface area contributed by atoms with E-state index in [4.69, 9.17) is 16.3 Å². The zero-order chi connectivity index (χ0) is 9.26. The first-order chi connectivity index (χ1) is 6.31. The third-order valence-corrected chi connectivity index (χ3v) is 2.60. The zero-order valence-corrected chi connectivity index (χ0v) is 8.27. The molecular weight excluding hydrogens is 186 g/mol. The van der Waals surface area contributed by atoms with Gasteiger partial charge < -0.3 is 10.1 Å². The van der Waals surface area contributed by atoms with Gasteiger partial charge in [-0.25, -0.2) is 0 Å². The van der Waals surface area contributed by atoms with Crippen LogP contribution in [0, 0.1) is 0 Å². The van der Waals surface area contributed by atoms with Crippen molar-refractivity contribution < 1.29 is 4.74 Å². The molecule has 0 aliphatic carbocycles. The Morgan fingerprint density at radius 1 is 1.54 bits per heavy atom. The van der Waals surface area contributed by atoms with Gasteiger partial charge in [-0.2, -0.15) is 0 Å². The lowest BCUT2D eigenvalue weighted by molar-refractivity contribution is 0.257. The van der Waals surface area contributed by atoms with E-state index in [-0.39, 0.29) is 0 Å². The fraction of sp³-hybridized carbons (Fsp3) is 0.400. The minimum Gasteiger partial charge on any atom is -0.493 e. The van der Waals surface area contributed by atoms with E-state index < -0.39 is 0 Å². The summed E-state index contributed by atoms with van der Waals surface area (Å²) in [5, 5.41) is 3.99. The number of hydrogen-bond donors (Lipinski definition) is 1. The molecule has 13 heavy (non-hydrogen) atoms. The van der Waals surface area contributed by atoms with E-state index in [1.54, 1.807) is 0 Å². The molecule has 0 saturated carbocycles. The van der Waals surface area contributed by atoms with Crippen LogP contribution in [0.25, 0.3) is 0 Å². The van der Waals surface area contributed by atoms with Crippen LogP contribution in [0.3, 0.4) is 0 Å². The lowest BCUT2D eigenvalue weighted by atomic mass is 10.0. The molecule has 1 unspecified atom stereocenters. The Hall–Kier alpha value is -0.730. The minimum absolute atomic E-state index is 0.404. The van der Waals surface area contributed by atoms with Crippen LogP contribution in [0.1, 0.15) is 18.0 Å². The van der Waals surface area contributed by atoms with Crippen LogP contribution in [0.4, 0.5) is 0 Å². The second-order valence-electron chi connectivity index (χ2n) is 3.16. The fourth-order valence-electron chi connectivity index (χ4n) is 1.66. The highest BCUT2D eigenvalue weighted by Crippen LogP contribution is 2.33. The Morgan fingerprint density at radius 2 is 2.38 bits per heavy atom. The molecule has 3 heteroatoms. The molecule has 0 spiro atoms. The normalized spacial score (nSPS) is 20.6. The molecule has 0 radical (unpaired) electrons. The van der Waals surface area contributed by atoms with E-state index in [0.29, 0.717) is 6.04 Å². The number of fused-ring (bicyclic) bond motifs is 1. The van der Waals surface area contributed by atoms with Gasteiger partial charge in [0.05, 0.1) is 6.61 Å². The van der Waals surface area contributed by atoms with Crippen molar-refractivity contribution in [3.05, 3.63) is 28.8 Å². The second kappa shape index (κ2) is 3.56. The van der Waals surface area contributed by atoms with Gasteiger partial charge in [0, 0.05) is 23.0 Å². The summed E-state index contributed by atoms with van der Waals surface area (Å²) in [6.45, 7) is 0.763.